The Bertz CT molecular complexity index is 479. The lowest BCUT2D eigenvalue weighted by molar-refractivity contribution is 0.470. The molecule has 0 bridgehead atoms. The number of benzene rings is 1. The van der Waals surface area contributed by atoms with Crippen molar-refractivity contribution in [3.05, 3.63) is 29.3 Å². The molecule has 0 aliphatic heterocycles. The fourth-order valence-electron chi connectivity index (χ4n) is 1.26. The minimum absolute atomic E-state index is 0.115. The molecule has 0 heterocycles. The van der Waals surface area contributed by atoms with E-state index in [1.54, 1.807) is 31.1 Å². The van der Waals surface area contributed by atoms with Crippen molar-refractivity contribution in [2.24, 2.45) is 21.5 Å². The summed E-state index contributed by atoms with van der Waals surface area (Å²) in [4.78, 5) is 9.68. The minimum Gasteiger partial charge on any atom is -0.508 e. The van der Waals surface area contributed by atoms with Gasteiger partial charge in [0.2, 0.25) is 5.96 Å². The molecule has 0 saturated carbocycles. The second-order valence-electron chi connectivity index (χ2n) is 4.10. The smallest absolute Gasteiger partial charge is 0.218 e. The summed E-state index contributed by atoms with van der Waals surface area (Å²) < 4.78 is 0. The molecular weight excluding hydrogens is 230 g/mol. The van der Waals surface area contributed by atoms with Crippen molar-refractivity contribution < 1.29 is 5.11 Å². The summed E-state index contributed by atoms with van der Waals surface area (Å²) in [6.45, 7) is 2.18. The largest absolute Gasteiger partial charge is 0.508 e. The maximum absolute atomic E-state index is 9.55. The van der Waals surface area contributed by atoms with E-state index in [4.69, 9.17) is 11.5 Å². The van der Waals surface area contributed by atoms with E-state index in [2.05, 4.69) is 9.98 Å². The summed E-state index contributed by atoms with van der Waals surface area (Å²) in [5.41, 5.74) is 12.9. The summed E-state index contributed by atoms with van der Waals surface area (Å²) in [7, 11) is 3.54. The molecule has 18 heavy (non-hydrogen) atoms. The highest BCUT2D eigenvalue weighted by molar-refractivity contribution is 5.93. The van der Waals surface area contributed by atoms with Gasteiger partial charge in [0.1, 0.15) is 5.75 Å². The predicted octanol–water partition coefficient (Wildman–Crippen LogP) is 0.392. The van der Waals surface area contributed by atoms with Gasteiger partial charge < -0.3 is 21.5 Å². The minimum atomic E-state index is 0.115. The van der Waals surface area contributed by atoms with Crippen LogP contribution in [0.25, 0.3) is 0 Å². The van der Waals surface area contributed by atoms with Gasteiger partial charge in [0, 0.05) is 14.1 Å². The van der Waals surface area contributed by atoms with Gasteiger partial charge in [-0.15, -0.1) is 0 Å². The number of aliphatic imine (C=N–C) groups is 2. The third-order valence-electron chi connectivity index (χ3n) is 2.52. The van der Waals surface area contributed by atoms with Crippen molar-refractivity contribution in [1.82, 2.24) is 4.90 Å². The van der Waals surface area contributed by atoms with Gasteiger partial charge in [-0.2, -0.15) is 4.99 Å². The molecule has 6 heteroatoms. The Hall–Kier alpha value is -2.24. The highest BCUT2D eigenvalue weighted by atomic mass is 16.3. The van der Waals surface area contributed by atoms with E-state index >= 15 is 0 Å². The molecule has 0 unspecified atom stereocenters. The van der Waals surface area contributed by atoms with Crippen LogP contribution in [-0.4, -0.2) is 36.0 Å². The lowest BCUT2D eigenvalue weighted by Crippen LogP contribution is -2.32. The van der Waals surface area contributed by atoms with Crippen LogP contribution in [0.2, 0.25) is 0 Å². The molecule has 98 valence electrons. The number of nitrogens with two attached hydrogens (primary N) is 2. The SMILES string of the molecule is Cc1c(O)cccc1CN=C(N)N=C(N)N(C)C. The third kappa shape index (κ3) is 3.65. The number of nitrogens with zero attached hydrogens (tertiary/aromatic N) is 3. The average Bonchev–Trinajstić information content (AvgIpc) is 2.31. The van der Waals surface area contributed by atoms with Crippen LogP contribution in [-0.2, 0) is 6.54 Å². The van der Waals surface area contributed by atoms with E-state index < -0.39 is 0 Å². The van der Waals surface area contributed by atoms with Gasteiger partial charge >= 0.3 is 0 Å². The van der Waals surface area contributed by atoms with E-state index in [-0.39, 0.29) is 11.7 Å². The van der Waals surface area contributed by atoms with E-state index in [1.807, 2.05) is 13.0 Å². The molecule has 0 fully saturated rings. The zero-order valence-corrected chi connectivity index (χ0v) is 10.9. The van der Waals surface area contributed by atoms with Gasteiger partial charge in [0.05, 0.1) is 6.54 Å². The molecule has 0 saturated heterocycles. The second-order valence-corrected chi connectivity index (χ2v) is 4.10. The monoisotopic (exact) mass is 249 g/mol. The van der Waals surface area contributed by atoms with Crippen LogP contribution in [0.15, 0.2) is 28.2 Å². The normalized spacial score (nSPS) is 12.6. The Morgan fingerprint density at radius 3 is 2.61 bits per heavy atom. The molecular formula is C12H19N5O. The van der Waals surface area contributed by atoms with Gasteiger partial charge in [-0.25, -0.2) is 4.99 Å². The first-order chi connectivity index (χ1) is 8.41. The van der Waals surface area contributed by atoms with Crippen LogP contribution < -0.4 is 11.5 Å². The van der Waals surface area contributed by atoms with E-state index in [0.29, 0.717) is 12.5 Å². The van der Waals surface area contributed by atoms with Crippen LogP contribution in [0.3, 0.4) is 0 Å². The summed E-state index contributed by atoms with van der Waals surface area (Å²) >= 11 is 0. The summed E-state index contributed by atoms with van der Waals surface area (Å²) in [5.74, 6) is 0.658. The number of aromatic hydroxyl groups is 1. The molecule has 1 aromatic carbocycles. The molecule has 6 nitrogen and oxygen atoms in total. The van der Waals surface area contributed by atoms with Crippen LogP contribution in [0, 0.1) is 6.92 Å². The molecule has 0 aromatic heterocycles. The molecule has 0 atom stereocenters. The number of guanidine groups is 2. The van der Waals surface area contributed by atoms with Gasteiger partial charge in [0.25, 0.3) is 0 Å². The number of phenols is 1. The maximum Gasteiger partial charge on any atom is 0.218 e. The first-order valence-electron chi connectivity index (χ1n) is 5.50. The zero-order chi connectivity index (χ0) is 13.7. The molecule has 0 amide bonds. The third-order valence-corrected chi connectivity index (χ3v) is 2.52. The van der Waals surface area contributed by atoms with Gasteiger partial charge in [-0.1, -0.05) is 12.1 Å². The second kappa shape index (κ2) is 5.90. The Labute approximate surface area is 107 Å². The molecule has 1 aromatic rings. The van der Waals surface area contributed by atoms with Crippen molar-refractivity contribution in [1.29, 1.82) is 0 Å². The Morgan fingerprint density at radius 2 is 2.00 bits per heavy atom. The van der Waals surface area contributed by atoms with Gasteiger partial charge in [0.15, 0.2) is 5.96 Å². The number of phenolic OH excluding ortho intramolecular Hbond substituents is 1. The van der Waals surface area contributed by atoms with Crippen LogP contribution >= 0.6 is 0 Å². The van der Waals surface area contributed by atoms with Crippen LogP contribution in [0.4, 0.5) is 0 Å². The number of hydrogen-bond acceptors (Lipinski definition) is 2. The van der Waals surface area contributed by atoms with Crippen molar-refractivity contribution in [2.75, 3.05) is 14.1 Å². The lowest BCUT2D eigenvalue weighted by atomic mass is 10.1. The summed E-state index contributed by atoms with van der Waals surface area (Å²) in [6, 6.07) is 5.28. The predicted molar refractivity (Wildman–Crippen MR) is 73.5 cm³/mol. The highest BCUT2D eigenvalue weighted by Crippen LogP contribution is 2.19. The standard InChI is InChI=1S/C12H19N5O/c1-8-9(5-4-6-10(8)18)7-15-11(13)16-12(14)17(2)3/h4-6,18H,7H2,1-3H3,(H4,13,14,15,16). The van der Waals surface area contributed by atoms with E-state index in [1.165, 1.54) is 0 Å². The number of hydrogen-bond donors (Lipinski definition) is 3. The Balaban J connectivity index is 2.81. The fraction of sp³-hybridized carbons (Fsp3) is 0.333. The first-order valence-corrected chi connectivity index (χ1v) is 5.50. The quantitative estimate of drug-likeness (QED) is 0.521. The Morgan fingerprint density at radius 1 is 1.33 bits per heavy atom. The number of rotatable bonds is 2. The van der Waals surface area contributed by atoms with Crippen molar-refractivity contribution in [3.63, 3.8) is 0 Å². The Kier molecular flexibility index (Phi) is 4.53. The first kappa shape index (κ1) is 13.8. The average molecular weight is 249 g/mol. The summed E-state index contributed by atoms with van der Waals surface area (Å²) in [6.07, 6.45) is 0. The van der Waals surface area contributed by atoms with Crippen molar-refractivity contribution >= 4 is 11.9 Å². The lowest BCUT2D eigenvalue weighted by Gasteiger charge is -2.09. The van der Waals surface area contributed by atoms with Gasteiger partial charge in [-0.3, -0.25) is 0 Å². The summed E-state index contributed by atoms with van der Waals surface area (Å²) in [5, 5.41) is 9.55. The molecule has 0 radical (unpaired) electrons. The molecule has 1 rings (SSSR count). The molecule has 5 N–H and O–H groups in total. The fourth-order valence-corrected chi connectivity index (χ4v) is 1.26. The molecule has 0 aliphatic carbocycles. The van der Waals surface area contributed by atoms with Crippen molar-refractivity contribution in [3.8, 4) is 5.75 Å². The van der Waals surface area contributed by atoms with Crippen LogP contribution in [0.1, 0.15) is 11.1 Å². The zero-order valence-electron chi connectivity index (χ0n) is 10.9. The maximum atomic E-state index is 9.55. The van der Waals surface area contributed by atoms with Gasteiger partial charge in [-0.05, 0) is 24.1 Å². The molecule has 0 aliphatic rings. The topological polar surface area (TPSA) is 100 Å². The van der Waals surface area contributed by atoms with Crippen LogP contribution in [0.5, 0.6) is 5.75 Å². The highest BCUT2D eigenvalue weighted by Gasteiger charge is 2.02. The van der Waals surface area contributed by atoms with E-state index in [0.717, 1.165) is 11.1 Å². The van der Waals surface area contributed by atoms with Crippen molar-refractivity contribution in [2.45, 2.75) is 13.5 Å². The van der Waals surface area contributed by atoms with E-state index in [9.17, 15) is 5.11 Å². The molecule has 0 spiro atoms.